The van der Waals surface area contributed by atoms with Crippen LogP contribution in [0.5, 0.6) is 5.75 Å². The topological polar surface area (TPSA) is 71.9 Å². The zero-order valence-corrected chi connectivity index (χ0v) is 19.4. The lowest BCUT2D eigenvalue weighted by Gasteiger charge is -2.15. The summed E-state index contributed by atoms with van der Waals surface area (Å²) in [5.41, 5.74) is 16.1. The van der Waals surface area contributed by atoms with Crippen LogP contribution in [-0.4, -0.2) is 4.98 Å². The number of nitrogen functional groups attached to an aromatic ring is 1. The summed E-state index contributed by atoms with van der Waals surface area (Å²) in [5, 5.41) is 9.82. The van der Waals surface area contributed by atoms with E-state index in [1.165, 1.54) is 27.8 Å². The number of ether oxygens (including phenoxy) is 1. The second-order valence-corrected chi connectivity index (χ2v) is 8.48. The van der Waals surface area contributed by atoms with Crippen LogP contribution in [0.3, 0.4) is 0 Å². The van der Waals surface area contributed by atoms with Gasteiger partial charge in [0.1, 0.15) is 29.8 Å². The van der Waals surface area contributed by atoms with E-state index in [0.29, 0.717) is 12.2 Å². The smallest absolute Gasteiger partial charge is 0.141 e. The molecule has 0 atom stereocenters. The molecule has 0 bridgehead atoms. The zero-order chi connectivity index (χ0) is 23.5. The fourth-order valence-corrected chi connectivity index (χ4v) is 4.20. The molecule has 33 heavy (non-hydrogen) atoms. The normalized spacial score (nSPS) is 10.6. The standard InChI is InChI=1S/C29H27N3O/c1-18-5-7-22(8-6-18)26-16-32-29(31)25(15-30)28(26)23-9-11-24(12-10-23)33-17-27-20(3)13-19(2)14-21(27)4/h5-14,16H,17H2,1-4H3,(H2,31,32). The lowest BCUT2D eigenvalue weighted by Crippen LogP contribution is -2.02. The Morgan fingerprint density at radius 1 is 0.848 bits per heavy atom. The number of anilines is 1. The van der Waals surface area contributed by atoms with Gasteiger partial charge in [0.15, 0.2) is 0 Å². The van der Waals surface area contributed by atoms with E-state index in [4.69, 9.17) is 10.5 Å². The molecule has 0 spiro atoms. The molecule has 164 valence electrons. The number of nitrogens with two attached hydrogens (primary N) is 1. The van der Waals surface area contributed by atoms with Crippen LogP contribution in [0.1, 0.15) is 33.4 Å². The first-order valence-electron chi connectivity index (χ1n) is 10.9. The van der Waals surface area contributed by atoms with Crippen molar-refractivity contribution < 1.29 is 4.74 Å². The summed E-state index contributed by atoms with van der Waals surface area (Å²) >= 11 is 0. The van der Waals surface area contributed by atoms with Crippen molar-refractivity contribution in [2.24, 2.45) is 0 Å². The number of benzene rings is 3. The lowest BCUT2D eigenvalue weighted by atomic mass is 9.92. The molecule has 0 aliphatic heterocycles. The van der Waals surface area contributed by atoms with Gasteiger partial charge < -0.3 is 10.5 Å². The number of nitriles is 1. The molecule has 0 aliphatic rings. The van der Waals surface area contributed by atoms with E-state index < -0.39 is 0 Å². The number of aryl methyl sites for hydroxylation is 4. The van der Waals surface area contributed by atoms with Crippen molar-refractivity contribution in [3.8, 4) is 34.1 Å². The van der Waals surface area contributed by atoms with E-state index in [0.717, 1.165) is 28.0 Å². The van der Waals surface area contributed by atoms with Gasteiger partial charge >= 0.3 is 0 Å². The summed E-state index contributed by atoms with van der Waals surface area (Å²) in [7, 11) is 0. The minimum absolute atomic E-state index is 0.231. The van der Waals surface area contributed by atoms with Crippen molar-refractivity contribution in [3.63, 3.8) is 0 Å². The van der Waals surface area contributed by atoms with Gasteiger partial charge in [-0.15, -0.1) is 0 Å². The number of aromatic nitrogens is 1. The molecule has 0 amide bonds. The molecule has 0 radical (unpaired) electrons. The molecule has 0 saturated heterocycles. The maximum Gasteiger partial charge on any atom is 0.141 e. The average Bonchev–Trinajstić information content (AvgIpc) is 2.79. The Kier molecular flexibility index (Phi) is 6.15. The maximum absolute atomic E-state index is 9.82. The fourth-order valence-electron chi connectivity index (χ4n) is 4.20. The van der Waals surface area contributed by atoms with E-state index in [9.17, 15) is 5.26 Å². The van der Waals surface area contributed by atoms with Crippen LogP contribution in [-0.2, 0) is 6.61 Å². The van der Waals surface area contributed by atoms with Gasteiger partial charge in [-0.05, 0) is 67.6 Å². The molecule has 4 heteroatoms. The molecular formula is C29H27N3O. The first-order chi connectivity index (χ1) is 15.9. The predicted octanol–water partition coefficient (Wildman–Crippen LogP) is 6.68. The van der Waals surface area contributed by atoms with E-state index in [-0.39, 0.29) is 5.82 Å². The summed E-state index contributed by atoms with van der Waals surface area (Å²) in [4.78, 5) is 4.27. The largest absolute Gasteiger partial charge is 0.489 e. The van der Waals surface area contributed by atoms with Gasteiger partial charge in [0, 0.05) is 17.3 Å². The Labute approximate surface area is 195 Å². The molecule has 4 rings (SSSR count). The zero-order valence-electron chi connectivity index (χ0n) is 19.4. The summed E-state index contributed by atoms with van der Waals surface area (Å²) in [6.07, 6.45) is 1.74. The van der Waals surface area contributed by atoms with Gasteiger partial charge in [0.25, 0.3) is 0 Å². The summed E-state index contributed by atoms with van der Waals surface area (Å²) in [5.74, 6) is 1.00. The Hall–Kier alpha value is -4.10. The Balaban J connectivity index is 1.67. The second-order valence-electron chi connectivity index (χ2n) is 8.48. The molecular weight excluding hydrogens is 406 g/mol. The van der Waals surface area contributed by atoms with Gasteiger partial charge in [-0.1, -0.05) is 59.7 Å². The fraction of sp³-hybridized carbons (Fsp3) is 0.172. The molecule has 0 aliphatic carbocycles. The molecule has 3 aromatic carbocycles. The molecule has 2 N–H and O–H groups in total. The molecule has 0 fully saturated rings. The van der Waals surface area contributed by atoms with Crippen molar-refractivity contribution in [1.82, 2.24) is 4.98 Å². The minimum atomic E-state index is 0.231. The quantitative estimate of drug-likeness (QED) is 0.381. The van der Waals surface area contributed by atoms with Crippen molar-refractivity contribution in [3.05, 3.63) is 100 Å². The SMILES string of the molecule is Cc1ccc(-c2cnc(N)c(C#N)c2-c2ccc(OCc3c(C)cc(C)cc3C)cc2)cc1. The van der Waals surface area contributed by atoms with Gasteiger partial charge in [0.05, 0.1) is 0 Å². The summed E-state index contributed by atoms with van der Waals surface area (Å²) in [6, 6.07) is 22.6. The van der Waals surface area contributed by atoms with E-state index in [1.807, 2.05) is 55.5 Å². The minimum Gasteiger partial charge on any atom is -0.489 e. The molecule has 4 nitrogen and oxygen atoms in total. The molecule has 0 unspecified atom stereocenters. The number of nitrogens with zero attached hydrogens (tertiary/aromatic N) is 2. The van der Waals surface area contributed by atoms with Crippen LogP contribution < -0.4 is 10.5 Å². The van der Waals surface area contributed by atoms with Crippen LogP contribution in [0.4, 0.5) is 5.82 Å². The molecule has 0 saturated carbocycles. The first kappa shape index (κ1) is 22.1. The number of rotatable bonds is 5. The number of hydrogen-bond acceptors (Lipinski definition) is 4. The first-order valence-corrected chi connectivity index (χ1v) is 10.9. The van der Waals surface area contributed by atoms with Crippen LogP contribution >= 0.6 is 0 Å². The van der Waals surface area contributed by atoms with Crippen molar-refractivity contribution in [2.75, 3.05) is 5.73 Å². The lowest BCUT2D eigenvalue weighted by molar-refractivity contribution is 0.304. The average molecular weight is 434 g/mol. The summed E-state index contributed by atoms with van der Waals surface area (Å²) < 4.78 is 6.09. The Bertz CT molecular complexity index is 1320. The molecule has 1 aromatic heterocycles. The van der Waals surface area contributed by atoms with Crippen molar-refractivity contribution in [2.45, 2.75) is 34.3 Å². The van der Waals surface area contributed by atoms with Crippen molar-refractivity contribution >= 4 is 5.82 Å². The van der Waals surface area contributed by atoms with Gasteiger partial charge in [-0.2, -0.15) is 5.26 Å². The third-order valence-corrected chi connectivity index (χ3v) is 5.95. The van der Waals surface area contributed by atoms with Crippen molar-refractivity contribution in [1.29, 1.82) is 5.26 Å². The predicted molar refractivity (Wildman–Crippen MR) is 134 cm³/mol. The highest BCUT2D eigenvalue weighted by Crippen LogP contribution is 2.37. The van der Waals surface area contributed by atoms with Crippen LogP contribution in [0.2, 0.25) is 0 Å². The monoisotopic (exact) mass is 433 g/mol. The third kappa shape index (κ3) is 4.58. The van der Waals surface area contributed by atoms with Gasteiger partial charge in [-0.3, -0.25) is 0 Å². The van der Waals surface area contributed by atoms with Crippen LogP contribution in [0.25, 0.3) is 22.3 Å². The summed E-state index contributed by atoms with van der Waals surface area (Å²) in [6.45, 7) is 8.90. The molecule has 4 aromatic rings. The number of hydrogen-bond donors (Lipinski definition) is 1. The highest BCUT2D eigenvalue weighted by molar-refractivity contribution is 5.89. The van der Waals surface area contributed by atoms with E-state index >= 15 is 0 Å². The van der Waals surface area contributed by atoms with Crippen LogP contribution in [0, 0.1) is 39.0 Å². The Morgan fingerprint density at radius 3 is 2.06 bits per heavy atom. The molecule has 1 heterocycles. The highest BCUT2D eigenvalue weighted by Gasteiger charge is 2.17. The highest BCUT2D eigenvalue weighted by atomic mass is 16.5. The number of pyridine rings is 1. The van der Waals surface area contributed by atoms with E-state index in [1.54, 1.807) is 6.20 Å². The van der Waals surface area contributed by atoms with E-state index in [2.05, 4.69) is 44.0 Å². The maximum atomic E-state index is 9.82. The van der Waals surface area contributed by atoms with Crippen LogP contribution in [0.15, 0.2) is 66.9 Å². The van der Waals surface area contributed by atoms with Gasteiger partial charge in [0.2, 0.25) is 0 Å². The van der Waals surface area contributed by atoms with Gasteiger partial charge in [-0.25, -0.2) is 4.98 Å². The Morgan fingerprint density at radius 2 is 1.45 bits per heavy atom. The second kappa shape index (κ2) is 9.18. The third-order valence-electron chi connectivity index (χ3n) is 5.95.